The highest BCUT2D eigenvalue weighted by Crippen LogP contribution is 2.29. The fourth-order valence-corrected chi connectivity index (χ4v) is 2.89. The molecule has 1 aromatic carbocycles. The maximum atomic E-state index is 12.4. The number of rotatable bonds is 9. The zero-order valence-electron chi connectivity index (χ0n) is 13.8. The molecule has 0 bridgehead atoms. The minimum absolute atomic E-state index is 0.244. The molecule has 0 saturated heterocycles. The molecule has 0 unspecified atom stereocenters. The van der Waals surface area contributed by atoms with Gasteiger partial charge in [0.2, 0.25) is 0 Å². The summed E-state index contributed by atoms with van der Waals surface area (Å²) in [6, 6.07) is 5.17. The standard InChI is InChI=1S/C17H21ClN2O3S/c1-3-5-8-23-14-7-6-12(9-15(14)22-4-2)16(21)20-17-19-13(10-18)11-24-17/h6-7,9,11H,3-5,8,10H2,1-2H3,(H,19,20,21). The van der Waals surface area contributed by atoms with Crippen LogP contribution in [0.5, 0.6) is 11.5 Å². The summed E-state index contributed by atoms with van der Waals surface area (Å²) in [5, 5.41) is 5.11. The van der Waals surface area contributed by atoms with Gasteiger partial charge in [-0.2, -0.15) is 0 Å². The summed E-state index contributed by atoms with van der Waals surface area (Å²) < 4.78 is 11.3. The quantitative estimate of drug-likeness (QED) is 0.514. The highest BCUT2D eigenvalue weighted by atomic mass is 35.5. The maximum Gasteiger partial charge on any atom is 0.257 e. The number of carbonyl (C=O) groups is 1. The van der Waals surface area contributed by atoms with E-state index < -0.39 is 0 Å². The van der Waals surface area contributed by atoms with E-state index in [9.17, 15) is 4.79 Å². The van der Waals surface area contributed by atoms with Crippen molar-refractivity contribution in [2.45, 2.75) is 32.6 Å². The van der Waals surface area contributed by atoms with Crippen molar-refractivity contribution in [1.82, 2.24) is 4.98 Å². The lowest BCUT2D eigenvalue weighted by Crippen LogP contribution is -2.12. The van der Waals surface area contributed by atoms with Gasteiger partial charge >= 0.3 is 0 Å². The smallest absolute Gasteiger partial charge is 0.257 e. The summed E-state index contributed by atoms with van der Waals surface area (Å²) >= 11 is 7.06. The third-order valence-electron chi connectivity index (χ3n) is 3.17. The lowest BCUT2D eigenvalue weighted by molar-refractivity contribution is 0.102. The second-order valence-electron chi connectivity index (χ2n) is 5.03. The number of anilines is 1. The second kappa shape index (κ2) is 9.49. The van der Waals surface area contributed by atoms with Gasteiger partial charge in [0.05, 0.1) is 24.8 Å². The Morgan fingerprint density at radius 1 is 1.29 bits per heavy atom. The number of nitrogens with one attached hydrogen (secondary N) is 1. The Morgan fingerprint density at radius 2 is 2.12 bits per heavy atom. The largest absolute Gasteiger partial charge is 0.490 e. The molecule has 0 aliphatic rings. The molecule has 0 aliphatic heterocycles. The summed E-state index contributed by atoms with van der Waals surface area (Å²) in [5.41, 5.74) is 1.23. The normalized spacial score (nSPS) is 10.5. The minimum Gasteiger partial charge on any atom is -0.490 e. The van der Waals surface area contributed by atoms with Gasteiger partial charge in [0.15, 0.2) is 16.6 Å². The highest BCUT2D eigenvalue weighted by molar-refractivity contribution is 7.14. The van der Waals surface area contributed by atoms with Gasteiger partial charge in [0.1, 0.15) is 0 Å². The number of hydrogen-bond donors (Lipinski definition) is 1. The van der Waals surface area contributed by atoms with Gasteiger partial charge in [-0.05, 0) is 31.5 Å². The summed E-state index contributed by atoms with van der Waals surface area (Å²) in [4.78, 5) is 16.6. The van der Waals surface area contributed by atoms with Crippen LogP contribution in [0.1, 0.15) is 42.7 Å². The van der Waals surface area contributed by atoms with Crippen LogP contribution in [0.4, 0.5) is 5.13 Å². The molecule has 1 aromatic heterocycles. The van der Waals surface area contributed by atoms with Crippen LogP contribution in [-0.4, -0.2) is 24.1 Å². The zero-order chi connectivity index (χ0) is 17.4. The number of halogens is 1. The Hall–Kier alpha value is -1.79. The van der Waals surface area contributed by atoms with E-state index in [4.69, 9.17) is 21.1 Å². The highest BCUT2D eigenvalue weighted by Gasteiger charge is 2.13. The zero-order valence-corrected chi connectivity index (χ0v) is 15.4. The number of thiazole rings is 1. The first-order valence-electron chi connectivity index (χ1n) is 7.89. The van der Waals surface area contributed by atoms with Crippen LogP contribution >= 0.6 is 22.9 Å². The molecule has 1 amide bonds. The number of ether oxygens (including phenoxy) is 2. The van der Waals surface area contributed by atoms with Crippen molar-refractivity contribution in [3.05, 3.63) is 34.8 Å². The molecule has 2 rings (SSSR count). The lowest BCUT2D eigenvalue weighted by atomic mass is 10.2. The summed E-state index contributed by atoms with van der Waals surface area (Å²) in [6.45, 7) is 5.13. The van der Waals surface area contributed by atoms with E-state index in [-0.39, 0.29) is 5.91 Å². The third-order valence-corrected chi connectivity index (χ3v) is 4.25. The Balaban J connectivity index is 2.10. The number of nitrogens with zero attached hydrogens (tertiary/aromatic N) is 1. The van der Waals surface area contributed by atoms with Gasteiger partial charge < -0.3 is 9.47 Å². The molecule has 0 aliphatic carbocycles. The van der Waals surface area contributed by atoms with Crippen LogP contribution in [0.3, 0.4) is 0 Å². The molecular formula is C17H21ClN2O3S. The molecule has 5 nitrogen and oxygen atoms in total. The third kappa shape index (κ3) is 5.11. The Bertz CT molecular complexity index is 676. The van der Waals surface area contributed by atoms with Crippen LogP contribution in [0.15, 0.2) is 23.6 Å². The van der Waals surface area contributed by atoms with Crippen LogP contribution in [0.2, 0.25) is 0 Å². The molecule has 1 heterocycles. The summed E-state index contributed by atoms with van der Waals surface area (Å²) in [6.07, 6.45) is 2.03. The second-order valence-corrected chi connectivity index (χ2v) is 6.15. The first-order valence-corrected chi connectivity index (χ1v) is 9.30. The van der Waals surface area contributed by atoms with Gasteiger partial charge in [-0.3, -0.25) is 10.1 Å². The number of aromatic nitrogens is 1. The molecule has 24 heavy (non-hydrogen) atoms. The number of unbranched alkanes of at least 4 members (excludes halogenated alkanes) is 1. The van der Waals surface area contributed by atoms with Crippen LogP contribution in [0.25, 0.3) is 0 Å². The monoisotopic (exact) mass is 368 g/mol. The molecular weight excluding hydrogens is 348 g/mol. The summed E-state index contributed by atoms with van der Waals surface area (Å²) in [7, 11) is 0. The van der Waals surface area contributed by atoms with Crippen molar-refractivity contribution in [2.24, 2.45) is 0 Å². The van der Waals surface area contributed by atoms with Crippen LogP contribution < -0.4 is 14.8 Å². The van der Waals surface area contributed by atoms with E-state index in [0.717, 1.165) is 18.5 Å². The number of alkyl halides is 1. The number of benzene rings is 1. The predicted molar refractivity (Wildman–Crippen MR) is 97.6 cm³/mol. The predicted octanol–water partition coefficient (Wildman–Crippen LogP) is 4.71. The van der Waals surface area contributed by atoms with E-state index in [1.54, 1.807) is 18.2 Å². The Morgan fingerprint density at radius 3 is 2.79 bits per heavy atom. The molecule has 0 fully saturated rings. The van der Waals surface area contributed by atoms with Gasteiger partial charge in [-0.1, -0.05) is 13.3 Å². The van der Waals surface area contributed by atoms with Gasteiger partial charge in [0, 0.05) is 10.9 Å². The van der Waals surface area contributed by atoms with Gasteiger partial charge in [-0.15, -0.1) is 22.9 Å². The topological polar surface area (TPSA) is 60.5 Å². The fraction of sp³-hybridized carbons (Fsp3) is 0.412. The first-order chi connectivity index (χ1) is 11.7. The first kappa shape index (κ1) is 18.5. The van der Waals surface area contributed by atoms with Crippen molar-refractivity contribution < 1.29 is 14.3 Å². The summed E-state index contributed by atoms with van der Waals surface area (Å²) in [5.74, 6) is 1.30. The maximum absolute atomic E-state index is 12.4. The van der Waals surface area contributed by atoms with E-state index in [2.05, 4.69) is 17.2 Å². The van der Waals surface area contributed by atoms with Crippen molar-refractivity contribution in [3.8, 4) is 11.5 Å². The van der Waals surface area contributed by atoms with E-state index >= 15 is 0 Å². The molecule has 1 N–H and O–H groups in total. The average Bonchev–Trinajstić information content (AvgIpc) is 3.04. The van der Waals surface area contributed by atoms with Crippen LogP contribution in [0, 0.1) is 0 Å². The Kier molecular flexibility index (Phi) is 7.34. The molecule has 2 aromatic rings. The Labute approximate surface area is 151 Å². The molecule has 0 spiro atoms. The molecule has 0 saturated carbocycles. The van der Waals surface area contributed by atoms with Crippen molar-refractivity contribution in [1.29, 1.82) is 0 Å². The molecule has 7 heteroatoms. The van der Waals surface area contributed by atoms with Gasteiger partial charge in [-0.25, -0.2) is 4.98 Å². The van der Waals surface area contributed by atoms with E-state index in [1.807, 2.05) is 12.3 Å². The number of carbonyl (C=O) groups excluding carboxylic acids is 1. The number of hydrogen-bond acceptors (Lipinski definition) is 5. The molecule has 0 radical (unpaired) electrons. The van der Waals surface area contributed by atoms with Crippen molar-refractivity contribution in [3.63, 3.8) is 0 Å². The SMILES string of the molecule is CCCCOc1ccc(C(=O)Nc2nc(CCl)cs2)cc1OCC. The average molecular weight is 369 g/mol. The van der Waals surface area contributed by atoms with E-state index in [1.165, 1.54) is 11.3 Å². The number of amides is 1. The lowest BCUT2D eigenvalue weighted by Gasteiger charge is -2.13. The van der Waals surface area contributed by atoms with Crippen molar-refractivity contribution in [2.75, 3.05) is 18.5 Å². The fourth-order valence-electron chi connectivity index (χ4n) is 1.96. The molecule has 0 atom stereocenters. The van der Waals surface area contributed by atoms with E-state index in [0.29, 0.717) is 41.3 Å². The van der Waals surface area contributed by atoms with Gasteiger partial charge in [0.25, 0.3) is 5.91 Å². The van der Waals surface area contributed by atoms with Crippen molar-refractivity contribution >= 4 is 34.0 Å². The van der Waals surface area contributed by atoms with Crippen LogP contribution in [-0.2, 0) is 5.88 Å². The minimum atomic E-state index is -0.244. The molecule has 130 valence electrons.